The molecule has 0 amide bonds. The van der Waals surface area contributed by atoms with E-state index in [1.165, 1.54) is 0 Å². The zero-order valence-electron chi connectivity index (χ0n) is 8.58. The monoisotopic (exact) mass is 398 g/mol. The summed E-state index contributed by atoms with van der Waals surface area (Å²) in [6, 6.07) is 0. The summed E-state index contributed by atoms with van der Waals surface area (Å²) in [5.74, 6) is 0.833. The minimum Gasteiger partial charge on any atom is -0.197 e. The number of rotatable bonds is 0. The lowest BCUT2D eigenvalue weighted by Gasteiger charge is -1.79. The lowest BCUT2D eigenvalue weighted by atomic mass is 10.3. The first-order valence-corrected chi connectivity index (χ1v) is 1.73. The molecule has 0 heterocycles. The van der Waals surface area contributed by atoms with Gasteiger partial charge in [-0.05, 0) is 5.92 Å². The molecule has 0 aromatic heterocycles. The molecule has 0 rings (SSSR count). The van der Waals surface area contributed by atoms with E-state index in [9.17, 15) is 0 Å². The average molecular weight is 399 g/mol. The Hall–Kier alpha value is 3.50. The van der Waals surface area contributed by atoms with E-state index in [-0.39, 0.29) is 135 Å². The molecule has 0 bridgehead atoms. The Kier molecular flexibility index (Phi) is 756. The molecular weight excluding hydrogens is 369 g/mol. The lowest BCUT2D eigenvalue weighted by molar-refractivity contribution is 0.737. The van der Waals surface area contributed by atoms with Crippen LogP contribution in [-0.4, -0.2) is 0 Å². The fraction of sp³-hybridized carbons (Fsp3) is 1.00. The highest BCUT2D eigenvalue weighted by molar-refractivity contribution is 7.60. The second-order valence-electron chi connectivity index (χ2n) is 1.73. The molecule has 0 aliphatic heterocycles. The largest absolute Gasteiger partial charge is 0.197 e. The van der Waals surface area contributed by atoms with Crippen molar-refractivity contribution >= 4 is 135 Å². The predicted octanol–water partition coefficient (Wildman–Crippen LogP) is 2.79. The van der Waals surface area contributed by atoms with Crippen LogP contribution < -0.4 is 0 Å². The first-order chi connectivity index (χ1) is 1.73. The molecule has 0 saturated carbocycles. The van der Waals surface area contributed by atoms with Gasteiger partial charge in [-0.25, -0.2) is 0 Å². The molecule has 10 heteroatoms. The Balaban J connectivity index is -0.000000001000. The van der Waals surface area contributed by atoms with Crippen LogP contribution in [0.3, 0.4) is 0 Å². The van der Waals surface area contributed by atoms with E-state index in [2.05, 4.69) is 20.8 Å². The summed E-state index contributed by atoms with van der Waals surface area (Å²) in [6.07, 6.45) is 0. The quantitative estimate of drug-likeness (QED) is 0.588. The van der Waals surface area contributed by atoms with Crippen LogP contribution >= 0.6 is 135 Å². The van der Waals surface area contributed by atoms with E-state index in [0.717, 1.165) is 5.92 Å². The summed E-state index contributed by atoms with van der Waals surface area (Å²) < 4.78 is 0. The number of hydrogen-bond donors (Lipinski definition) is 0. The minimum atomic E-state index is 0. The summed E-state index contributed by atoms with van der Waals surface area (Å²) in [6.45, 7) is 6.50. The summed E-state index contributed by atoms with van der Waals surface area (Å²) in [5.41, 5.74) is 0. The van der Waals surface area contributed by atoms with Crippen LogP contribution in [0.1, 0.15) is 20.8 Å². The normalized spacial score (nSPS) is 2.57. The molecule has 0 atom stereocenters. The minimum absolute atomic E-state index is 0. The standard InChI is InChI=1S/C4H10.10H2S/c1-4(2)3;;;;;;;;;;/h4H,1-3H3;10*1H2. The van der Waals surface area contributed by atoms with Crippen molar-refractivity contribution in [1.29, 1.82) is 0 Å². The first kappa shape index (κ1) is 113. The van der Waals surface area contributed by atoms with Gasteiger partial charge in [0.05, 0.1) is 0 Å². The third kappa shape index (κ3) is 266. The van der Waals surface area contributed by atoms with Gasteiger partial charge in [-0.15, -0.1) is 0 Å². The first-order valence-electron chi connectivity index (χ1n) is 1.73. The average Bonchev–Trinajstić information content (AvgIpc) is 0.811. The van der Waals surface area contributed by atoms with E-state index in [1.807, 2.05) is 0 Å². The van der Waals surface area contributed by atoms with Crippen molar-refractivity contribution in [2.45, 2.75) is 20.8 Å². The van der Waals surface area contributed by atoms with Crippen molar-refractivity contribution in [3.05, 3.63) is 0 Å². The molecule has 0 aromatic carbocycles. The second-order valence-corrected chi connectivity index (χ2v) is 1.73. The van der Waals surface area contributed by atoms with Gasteiger partial charge in [0.15, 0.2) is 0 Å². The molecule has 14 heavy (non-hydrogen) atoms. The van der Waals surface area contributed by atoms with Crippen molar-refractivity contribution in [2.75, 3.05) is 0 Å². The molecule has 0 nitrogen and oxygen atoms in total. The Morgan fingerprint density at radius 1 is 0.357 bits per heavy atom. The van der Waals surface area contributed by atoms with E-state index in [4.69, 9.17) is 0 Å². The highest BCUT2D eigenvalue weighted by Crippen LogP contribution is 1.81. The Morgan fingerprint density at radius 2 is 0.357 bits per heavy atom. The van der Waals surface area contributed by atoms with Crippen LogP contribution in [0.25, 0.3) is 0 Å². The summed E-state index contributed by atoms with van der Waals surface area (Å²) in [4.78, 5) is 0. The molecular formula is C4H30S10. The summed E-state index contributed by atoms with van der Waals surface area (Å²) >= 11 is 0. The van der Waals surface area contributed by atoms with Crippen LogP contribution in [0.5, 0.6) is 0 Å². The van der Waals surface area contributed by atoms with E-state index in [1.54, 1.807) is 0 Å². The van der Waals surface area contributed by atoms with Gasteiger partial charge in [0.1, 0.15) is 0 Å². The topological polar surface area (TPSA) is 0 Å². The molecule has 0 N–H and O–H groups in total. The molecule has 0 saturated heterocycles. The summed E-state index contributed by atoms with van der Waals surface area (Å²) in [7, 11) is 0. The van der Waals surface area contributed by atoms with Gasteiger partial charge in [-0.3, -0.25) is 0 Å². The van der Waals surface area contributed by atoms with Gasteiger partial charge in [-0.1, -0.05) is 20.8 Å². The van der Waals surface area contributed by atoms with Crippen molar-refractivity contribution < 1.29 is 0 Å². The molecule has 0 spiro atoms. The Bertz CT molecular complexity index is 16.8. The van der Waals surface area contributed by atoms with Gasteiger partial charge >= 0.3 is 0 Å². The maximum atomic E-state index is 2.17. The molecule has 0 aliphatic rings. The number of hydrogen-bond acceptors (Lipinski definition) is 0. The molecule has 0 aliphatic carbocycles. The predicted molar refractivity (Wildman–Crippen MR) is 124 cm³/mol. The SMILES string of the molecule is CC(C)C.S.S.S.S.S.S.S.S.S.S. The third-order valence-electron chi connectivity index (χ3n) is 0. The Morgan fingerprint density at radius 3 is 0.357 bits per heavy atom. The highest BCUT2D eigenvalue weighted by Gasteiger charge is 1.68. The second kappa shape index (κ2) is 93.8. The Labute approximate surface area is 160 Å². The molecule has 0 radical (unpaired) electrons. The zero-order chi connectivity index (χ0) is 3.58. The van der Waals surface area contributed by atoms with Crippen LogP contribution in [-0.2, 0) is 0 Å². The molecule has 0 fully saturated rings. The third-order valence-corrected chi connectivity index (χ3v) is 0. The maximum Gasteiger partial charge on any atom is -0.0500 e. The van der Waals surface area contributed by atoms with E-state index < -0.39 is 0 Å². The van der Waals surface area contributed by atoms with E-state index >= 15 is 0 Å². The molecule has 0 unspecified atom stereocenters. The van der Waals surface area contributed by atoms with Gasteiger partial charge in [0.25, 0.3) is 0 Å². The highest BCUT2D eigenvalue weighted by atomic mass is 32.1. The fourth-order valence-corrected chi connectivity index (χ4v) is 0. The molecule has 106 valence electrons. The van der Waals surface area contributed by atoms with Crippen molar-refractivity contribution in [2.24, 2.45) is 5.92 Å². The summed E-state index contributed by atoms with van der Waals surface area (Å²) in [5, 5.41) is 0. The van der Waals surface area contributed by atoms with Crippen molar-refractivity contribution in [3.63, 3.8) is 0 Å². The smallest absolute Gasteiger partial charge is 0.0500 e. The van der Waals surface area contributed by atoms with Gasteiger partial charge in [0.2, 0.25) is 0 Å². The van der Waals surface area contributed by atoms with Gasteiger partial charge < -0.3 is 0 Å². The van der Waals surface area contributed by atoms with Crippen LogP contribution in [0, 0.1) is 5.92 Å². The van der Waals surface area contributed by atoms with Crippen LogP contribution in [0.2, 0.25) is 0 Å². The fourth-order valence-electron chi connectivity index (χ4n) is 0. The maximum absolute atomic E-state index is 2.17. The van der Waals surface area contributed by atoms with Gasteiger partial charge in [0, 0.05) is 0 Å². The lowest BCUT2D eigenvalue weighted by Crippen LogP contribution is -1.66. The molecule has 0 aromatic rings. The van der Waals surface area contributed by atoms with Crippen LogP contribution in [0.15, 0.2) is 0 Å². The van der Waals surface area contributed by atoms with Crippen molar-refractivity contribution in [1.82, 2.24) is 0 Å². The van der Waals surface area contributed by atoms with E-state index in [0.29, 0.717) is 0 Å². The zero-order valence-corrected chi connectivity index (χ0v) is 18.6. The van der Waals surface area contributed by atoms with Gasteiger partial charge in [-0.2, -0.15) is 135 Å². The van der Waals surface area contributed by atoms with Crippen molar-refractivity contribution in [3.8, 4) is 0 Å². The van der Waals surface area contributed by atoms with Crippen LogP contribution in [0.4, 0.5) is 0 Å².